The number of furan rings is 1. The zero-order valence-corrected chi connectivity index (χ0v) is 12.2. The van der Waals surface area contributed by atoms with Crippen molar-refractivity contribution in [1.82, 2.24) is 4.90 Å². The van der Waals surface area contributed by atoms with Gasteiger partial charge in [-0.05, 0) is 53.8 Å². The standard InChI is InChI=1S/C14H17BrN2O/c1-17(2)10-11-5-3-4-6-13(11)16-9-12-7-8-14(15)18-12/h3-8,16H,9-10H2,1-2H3. The van der Waals surface area contributed by atoms with Gasteiger partial charge in [0.1, 0.15) is 5.76 Å². The lowest BCUT2D eigenvalue weighted by Gasteiger charge is -2.14. The Labute approximate surface area is 116 Å². The highest BCUT2D eigenvalue weighted by Gasteiger charge is 2.04. The third kappa shape index (κ3) is 3.62. The maximum atomic E-state index is 5.47. The van der Waals surface area contributed by atoms with Crippen LogP contribution in [0.3, 0.4) is 0 Å². The molecule has 4 heteroatoms. The van der Waals surface area contributed by atoms with E-state index in [1.807, 2.05) is 18.2 Å². The van der Waals surface area contributed by atoms with Crippen molar-refractivity contribution in [3.63, 3.8) is 0 Å². The molecular formula is C14H17BrN2O. The zero-order valence-electron chi connectivity index (χ0n) is 10.6. The van der Waals surface area contributed by atoms with Crippen LogP contribution in [0.1, 0.15) is 11.3 Å². The smallest absolute Gasteiger partial charge is 0.169 e. The fourth-order valence-electron chi connectivity index (χ4n) is 1.80. The quantitative estimate of drug-likeness (QED) is 0.912. The Kier molecular flexibility index (Phi) is 4.44. The molecule has 18 heavy (non-hydrogen) atoms. The monoisotopic (exact) mass is 308 g/mol. The number of nitrogens with one attached hydrogen (secondary N) is 1. The summed E-state index contributed by atoms with van der Waals surface area (Å²) < 4.78 is 6.23. The summed E-state index contributed by atoms with van der Waals surface area (Å²) in [5, 5.41) is 3.41. The third-order valence-corrected chi connectivity index (χ3v) is 3.01. The minimum Gasteiger partial charge on any atom is -0.452 e. The lowest BCUT2D eigenvalue weighted by molar-refractivity contribution is 0.403. The average Bonchev–Trinajstić information content (AvgIpc) is 2.73. The molecule has 0 atom stereocenters. The highest BCUT2D eigenvalue weighted by atomic mass is 79.9. The van der Waals surface area contributed by atoms with Crippen LogP contribution in [0.4, 0.5) is 5.69 Å². The lowest BCUT2D eigenvalue weighted by atomic mass is 10.1. The molecule has 0 amide bonds. The first-order valence-corrected chi connectivity index (χ1v) is 6.65. The molecule has 0 aliphatic rings. The molecule has 0 saturated heterocycles. The highest BCUT2D eigenvalue weighted by Crippen LogP contribution is 2.19. The summed E-state index contributed by atoms with van der Waals surface area (Å²) >= 11 is 3.30. The Morgan fingerprint density at radius 3 is 2.61 bits per heavy atom. The van der Waals surface area contributed by atoms with Crippen LogP contribution < -0.4 is 5.32 Å². The van der Waals surface area contributed by atoms with Gasteiger partial charge in [-0.2, -0.15) is 0 Å². The van der Waals surface area contributed by atoms with Crippen LogP contribution in [0.15, 0.2) is 45.5 Å². The molecule has 0 unspecified atom stereocenters. The van der Waals surface area contributed by atoms with E-state index in [1.165, 1.54) is 5.56 Å². The van der Waals surface area contributed by atoms with Crippen molar-refractivity contribution in [2.45, 2.75) is 13.1 Å². The van der Waals surface area contributed by atoms with Crippen molar-refractivity contribution in [2.24, 2.45) is 0 Å². The van der Waals surface area contributed by atoms with Crippen LogP contribution in [0, 0.1) is 0 Å². The van der Waals surface area contributed by atoms with E-state index in [-0.39, 0.29) is 0 Å². The SMILES string of the molecule is CN(C)Cc1ccccc1NCc1ccc(Br)o1. The molecule has 96 valence electrons. The van der Waals surface area contributed by atoms with E-state index in [9.17, 15) is 0 Å². The molecule has 2 rings (SSSR count). The van der Waals surface area contributed by atoms with Gasteiger partial charge in [-0.3, -0.25) is 0 Å². The van der Waals surface area contributed by atoms with E-state index in [2.05, 4.69) is 58.4 Å². The number of benzene rings is 1. The Morgan fingerprint density at radius 2 is 1.94 bits per heavy atom. The predicted octanol–water partition coefficient (Wildman–Crippen LogP) is 3.72. The van der Waals surface area contributed by atoms with E-state index in [4.69, 9.17) is 4.42 Å². The van der Waals surface area contributed by atoms with Crippen LogP contribution in [0.5, 0.6) is 0 Å². The second-order valence-electron chi connectivity index (χ2n) is 4.45. The van der Waals surface area contributed by atoms with Gasteiger partial charge in [0.15, 0.2) is 4.67 Å². The second kappa shape index (κ2) is 6.07. The molecule has 0 spiro atoms. The first kappa shape index (κ1) is 13.2. The number of nitrogens with zero attached hydrogens (tertiary/aromatic N) is 1. The van der Waals surface area contributed by atoms with E-state index in [0.717, 1.165) is 22.7 Å². The number of hydrogen-bond donors (Lipinski definition) is 1. The van der Waals surface area contributed by atoms with Crippen LogP contribution in [-0.4, -0.2) is 19.0 Å². The van der Waals surface area contributed by atoms with E-state index in [0.29, 0.717) is 6.54 Å². The molecule has 1 heterocycles. The van der Waals surface area contributed by atoms with Gasteiger partial charge >= 0.3 is 0 Å². The normalized spacial score (nSPS) is 10.9. The summed E-state index contributed by atoms with van der Waals surface area (Å²) in [5.74, 6) is 0.918. The van der Waals surface area contributed by atoms with Crippen molar-refractivity contribution in [2.75, 3.05) is 19.4 Å². The van der Waals surface area contributed by atoms with Gasteiger partial charge in [0.2, 0.25) is 0 Å². The average molecular weight is 309 g/mol. The molecule has 1 N–H and O–H groups in total. The molecule has 0 aliphatic heterocycles. The summed E-state index contributed by atoms with van der Waals surface area (Å²) in [4.78, 5) is 2.16. The van der Waals surface area contributed by atoms with Crippen molar-refractivity contribution >= 4 is 21.6 Å². The van der Waals surface area contributed by atoms with Gasteiger partial charge in [0.05, 0.1) is 6.54 Å². The van der Waals surface area contributed by atoms with Crippen LogP contribution >= 0.6 is 15.9 Å². The second-order valence-corrected chi connectivity index (χ2v) is 5.24. The van der Waals surface area contributed by atoms with Gasteiger partial charge < -0.3 is 14.6 Å². The summed E-state index contributed by atoms with van der Waals surface area (Å²) in [6.07, 6.45) is 0. The van der Waals surface area contributed by atoms with E-state index in [1.54, 1.807) is 0 Å². The molecular weight excluding hydrogens is 292 g/mol. The zero-order chi connectivity index (χ0) is 13.0. The van der Waals surface area contributed by atoms with Crippen LogP contribution in [-0.2, 0) is 13.1 Å². The Balaban J connectivity index is 2.04. The fraction of sp³-hybridized carbons (Fsp3) is 0.286. The largest absolute Gasteiger partial charge is 0.452 e. The van der Waals surface area contributed by atoms with Gasteiger partial charge in [0.25, 0.3) is 0 Å². The highest BCUT2D eigenvalue weighted by molar-refractivity contribution is 9.10. The molecule has 0 radical (unpaired) electrons. The predicted molar refractivity (Wildman–Crippen MR) is 77.6 cm³/mol. The molecule has 1 aromatic carbocycles. The van der Waals surface area contributed by atoms with Crippen molar-refractivity contribution in [3.8, 4) is 0 Å². The number of halogens is 1. The number of rotatable bonds is 5. The first-order chi connectivity index (χ1) is 8.65. The Bertz CT molecular complexity index is 508. The third-order valence-electron chi connectivity index (χ3n) is 2.59. The topological polar surface area (TPSA) is 28.4 Å². The number of anilines is 1. The maximum absolute atomic E-state index is 5.47. The lowest BCUT2D eigenvalue weighted by Crippen LogP contribution is -2.12. The summed E-state index contributed by atoms with van der Waals surface area (Å²) in [7, 11) is 4.14. The number of para-hydroxylation sites is 1. The van der Waals surface area contributed by atoms with Crippen LogP contribution in [0.25, 0.3) is 0 Å². The van der Waals surface area contributed by atoms with Crippen molar-refractivity contribution < 1.29 is 4.42 Å². The van der Waals surface area contributed by atoms with Gasteiger partial charge in [0, 0.05) is 12.2 Å². The number of hydrogen-bond acceptors (Lipinski definition) is 3. The molecule has 0 aliphatic carbocycles. The van der Waals surface area contributed by atoms with Gasteiger partial charge in [-0.1, -0.05) is 18.2 Å². The molecule has 2 aromatic rings. The fourth-order valence-corrected chi connectivity index (χ4v) is 2.14. The van der Waals surface area contributed by atoms with Gasteiger partial charge in [-0.25, -0.2) is 0 Å². The Hall–Kier alpha value is -1.26. The molecule has 0 saturated carbocycles. The van der Waals surface area contributed by atoms with E-state index < -0.39 is 0 Å². The molecule has 3 nitrogen and oxygen atoms in total. The minimum absolute atomic E-state index is 0.691. The van der Waals surface area contributed by atoms with Crippen molar-refractivity contribution in [3.05, 3.63) is 52.4 Å². The summed E-state index contributed by atoms with van der Waals surface area (Å²) in [6.45, 7) is 1.61. The van der Waals surface area contributed by atoms with Crippen LogP contribution in [0.2, 0.25) is 0 Å². The first-order valence-electron chi connectivity index (χ1n) is 5.86. The Morgan fingerprint density at radius 1 is 1.17 bits per heavy atom. The molecule has 0 fully saturated rings. The summed E-state index contributed by atoms with van der Waals surface area (Å²) in [5.41, 5.74) is 2.44. The van der Waals surface area contributed by atoms with Gasteiger partial charge in [-0.15, -0.1) is 0 Å². The summed E-state index contributed by atoms with van der Waals surface area (Å²) in [6, 6.07) is 12.2. The molecule has 1 aromatic heterocycles. The maximum Gasteiger partial charge on any atom is 0.169 e. The van der Waals surface area contributed by atoms with E-state index >= 15 is 0 Å². The van der Waals surface area contributed by atoms with Crippen molar-refractivity contribution in [1.29, 1.82) is 0 Å². The molecule has 0 bridgehead atoms. The minimum atomic E-state index is 0.691.